The second-order valence-corrected chi connectivity index (χ2v) is 7.64. The number of guanidine groups is 1. The minimum absolute atomic E-state index is 0. The molecule has 0 unspecified atom stereocenters. The van der Waals surface area contributed by atoms with E-state index in [0.717, 1.165) is 18.1 Å². The Bertz CT molecular complexity index is 727. The molecule has 5 nitrogen and oxygen atoms in total. The van der Waals surface area contributed by atoms with Crippen molar-refractivity contribution in [1.29, 1.82) is 0 Å². The predicted molar refractivity (Wildman–Crippen MR) is 125 cm³/mol. The lowest BCUT2D eigenvalue weighted by Gasteiger charge is -2.25. The van der Waals surface area contributed by atoms with Gasteiger partial charge in [0.15, 0.2) is 5.96 Å². The van der Waals surface area contributed by atoms with Crippen molar-refractivity contribution in [3.05, 3.63) is 57.8 Å². The SMILES string of the molecule is CCNC(=O)c1ccc(CNC(=NC)NCC(C)(C)c2cccs2)cc1.I. The van der Waals surface area contributed by atoms with Gasteiger partial charge in [-0.25, -0.2) is 0 Å². The van der Waals surface area contributed by atoms with Crippen LogP contribution in [0.15, 0.2) is 46.8 Å². The van der Waals surface area contributed by atoms with Gasteiger partial charge in [-0.3, -0.25) is 9.79 Å². The molecule has 7 heteroatoms. The Labute approximate surface area is 183 Å². The number of halogens is 1. The molecule has 3 N–H and O–H groups in total. The van der Waals surface area contributed by atoms with E-state index in [1.807, 2.05) is 31.2 Å². The average Bonchev–Trinajstić information content (AvgIpc) is 3.18. The summed E-state index contributed by atoms with van der Waals surface area (Å²) in [7, 11) is 1.77. The smallest absolute Gasteiger partial charge is 0.251 e. The van der Waals surface area contributed by atoms with Crippen LogP contribution in [-0.2, 0) is 12.0 Å². The van der Waals surface area contributed by atoms with E-state index in [2.05, 4.69) is 52.3 Å². The fourth-order valence-corrected chi connectivity index (χ4v) is 3.35. The van der Waals surface area contributed by atoms with Crippen molar-refractivity contribution in [3.63, 3.8) is 0 Å². The van der Waals surface area contributed by atoms with E-state index in [0.29, 0.717) is 18.7 Å². The van der Waals surface area contributed by atoms with Crippen LogP contribution in [0.4, 0.5) is 0 Å². The molecule has 148 valence electrons. The Morgan fingerprint density at radius 2 is 1.81 bits per heavy atom. The van der Waals surface area contributed by atoms with Gasteiger partial charge in [-0.15, -0.1) is 35.3 Å². The number of thiophene rings is 1. The van der Waals surface area contributed by atoms with Gasteiger partial charge in [0.2, 0.25) is 0 Å². The molecule has 0 atom stereocenters. The molecule has 2 aromatic rings. The molecule has 0 bridgehead atoms. The van der Waals surface area contributed by atoms with E-state index in [-0.39, 0.29) is 35.3 Å². The molecule has 0 aliphatic carbocycles. The van der Waals surface area contributed by atoms with Crippen LogP contribution < -0.4 is 16.0 Å². The first kappa shape index (κ1) is 23.4. The predicted octanol–water partition coefficient (Wildman–Crippen LogP) is 3.76. The number of benzene rings is 1. The molecule has 0 saturated heterocycles. The summed E-state index contributed by atoms with van der Waals surface area (Å²) in [5.74, 6) is 0.725. The third-order valence-electron chi connectivity index (χ3n) is 4.12. The van der Waals surface area contributed by atoms with Crippen LogP contribution in [0.2, 0.25) is 0 Å². The van der Waals surface area contributed by atoms with Gasteiger partial charge in [0, 0.05) is 42.5 Å². The number of amides is 1. The highest BCUT2D eigenvalue weighted by Crippen LogP contribution is 2.26. The Balaban J connectivity index is 0.00000364. The molecular formula is C20H29IN4OS. The molecule has 0 radical (unpaired) electrons. The van der Waals surface area contributed by atoms with E-state index < -0.39 is 0 Å². The zero-order valence-electron chi connectivity index (χ0n) is 16.3. The first-order valence-electron chi connectivity index (χ1n) is 8.82. The zero-order valence-corrected chi connectivity index (χ0v) is 19.5. The average molecular weight is 500 g/mol. The molecule has 1 aromatic carbocycles. The molecule has 2 rings (SSSR count). The van der Waals surface area contributed by atoms with Crippen molar-refractivity contribution in [1.82, 2.24) is 16.0 Å². The summed E-state index contributed by atoms with van der Waals surface area (Å²) < 4.78 is 0. The lowest BCUT2D eigenvalue weighted by atomic mass is 9.91. The lowest BCUT2D eigenvalue weighted by Crippen LogP contribution is -2.42. The molecule has 0 fully saturated rings. The number of nitrogens with one attached hydrogen (secondary N) is 3. The summed E-state index contributed by atoms with van der Waals surface area (Å²) in [6, 6.07) is 11.9. The molecule has 1 aromatic heterocycles. The van der Waals surface area contributed by atoms with Crippen molar-refractivity contribution >= 4 is 47.2 Å². The first-order valence-corrected chi connectivity index (χ1v) is 9.70. The van der Waals surface area contributed by atoms with Crippen molar-refractivity contribution < 1.29 is 4.79 Å². The van der Waals surface area contributed by atoms with E-state index in [1.54, 1.807) is 18.4 Å². The van der Waals surface area contributed by atoms with Crippen molar-refractivity contribution in [2.75, 3.05) is 20.1 Å². The van der Waals surface area contributed by atoms with Gasteiger partial charge in [-0.05, 0) is 36.1 Å². The molecule has 27 heavy (non-hydrogen) atoms. The maximum Gasteiger partial charge on any atom is 0.251 e. The Kier molecular flexibility index (Phi) is 9.79. The molecular weight excluding hydrogens is 471 g/mol. The van der Waals surface area contributed by atoms with Gasteiger partial charge < -0.3 is 16.0 Å². The number of rotatable bonds is 7. The molecule has 0 aliphatic rings. The second kappa shape index (κ2) is 11.3. The number of hydrogen-bond donors (Lipinski definition) is 3. The van der Waals surface area contributed by atoms with Crippen LogP contribution in [0, 0.1) is 0 Å². The molecule has 0 saturated carbocycles. The van der Waals surface area contributed by atoms with Gasteiger partial charge in [0.1, 0.15) is 0 Å². The highest BCUT2D eigenvalue weighted by Gasteiger charge is 2.21. The van der Waals surface area contributed by atoms with Gasteiger partial charge >= 0.3 is 0 Å². The third-order valence-corrected chi connectivity index (χ3v) is 5.36. The molecule has 0 aliphatic heterocycles. The highest BCUT2D eigenvalue weighted by molar-refractivity contribution is 14.0. The summed E-state index contributed by atoms with van der Waals surface area (Å²) in [6.45, 7) is 8.43. The quantitative estimate of drug-likeness (QED) is 0.308. The van der Waals surface area contributed by atoms with Crippen molar-refractivity contribution in [2.24, 2.45) is 4.99 Å². The van der Waals surface area contributed by atoms with Crippen LogP contribution >= 0.6 is 35.3 Å². The van der Waals surface area contributed by atoms with E-state index in [9.17, 15) is 4.79 Å². The first-order chi connectivity index (χ1) is 12.5. The summed E-state index contributed by atoms with van der Waals surface area (Å²) in [6.07, 6.45) is 0. The van der Waals surface area contributed by atoms with Gasteiger partial charge in [0.05, 0.1) is 0 Å². The Morgan fingerprint density at radius 3 is 2.37 bits per heavy atom. The van der Waals surface area contributed by atoms with E-state index in [1.165, 1.54) is 4.88 Å². The number of carbonyl (C=O) groups excluding carboxylic acids is 1. The lowest BCUT2D eigenvalue weighted by molar-refractivity contribution is 0.0956. The summed E-state index contributed by atoms with van der Waals surface area (Å²) in [5.41, 5.74) is 1.81. The number of nitrogens with zero attached hydrogens (tertiary/aromatic N) is 1. The van der Waals surface area contributed by atoms with Crippen LogP contribution in [0.5, 0.6) is 0 Å². The molecule has 1 amide bonds. The highest BCUT2D eigenvalue weighted by atomic mass is 127. The standard InChI is InChI=1S/C20H28N4OS.HI/c1-5-22-18(25)16-10-8-15(9-11-16)13-23-19(21-4)24-14-20(2,3)17-7-6-12-26-17;/h6-12H,5,13-14H2,1-4H3,(H,22,25)(H2,21,23,24);1H. The van der Waals surface area contributed by atoms with Gasteiger partial charge in [-0.1, -0.05) is 32.0 Å². The maximum atomic E-state index is 11.8. The summed E-state index contributed by atoms with van der Waals surface area (Å²) >= 11 is 1.77. The third kappa shape index (κ3) is 7.14. The second-order valence-electron chi connectivity index (χ2n) is 6.70. The van der Waals surface area contributed by atoms with Crippen molar-refractivity contribution in [3.8, 4) is 0 Å². The maximum absolute atomic E-state index is 11.8. The van der Waals surface area contributed by atoms with E-state index >= 15 is 0 Å². The topological polar surface area (TPSA) is 65.5 Å². The van der Waals surface area contributed by atoms with Crippen LogP contribution in [0.25, 0.3) is 0 Å². The summed E-state index contributed by atoms with van der Waals surface area (Å²) in [4.78, 5) is 17.4. The van der Waals surface area contributed by atoms with Crippen molar-refractivity contribution in [2.45, 2.75) is 32.7 Å². The minimum Gasteiger partial charge on any atom is -0.356 e. The molecule has 1 heterocycles. The minimum atomic E-state index is -0.0414. The van der Waals surface area contributed by atoms with Gasteiger partial charge in [-0.2, -0.15) is 0 Å². The van der Waals surface area contributed by atoms with Crippen LogP contribution in [0.3, 0.4) is 0 Å². The Morgan fingerprint density at radius 1 is 1.11 bits per heavy atom. The monoisotopic (exact) mass is 500 g/mol. The number of carbonyl (C=O) groups is 1. The fraction of sp³-hybridized carbons (Fsp3) is 0.400. The summed E-state index contributed by atoms with van der Waals surface area (Å²) in [5, 5.41) is 11.6. The molecule has 0 spiro atoms. The van der Waals surface area contributed by atoms with Gasteiger partial charge in [0.25, 0.3) is 5.91 Å². The Hall–Kier alpha value is -1.61. The number of hydrogen-bond acceptors (Lipinski definition) is 3. The largest absolute Gasteiger partial charge is 0.356 e. The normalized spacial score (nSPS) is 11.5. The van der Waals surface area contributed by atoms with Crippen LogP contribution in [-0.4, -0.2) is 32.0 Å². The number of aliphatic imine (C=N–C) groups is 1. The fourth-order valence-electron chi connectivity index (χ4n) is 2.50. The van der Waals surface area contributed by atoms with Crippen LogP contribution in [0.1, 0.15) is 41.6 Å². The zero-order chi connectivity index (χ0) is 19.0. The van der Waals surface area contributed by atoms with E-state index in [4.69, 9.17) is 0 Å².